The third kappa shape index (κ3) is 4.04. The van der Waals surface area contributed by atoms with Crippen LogP contribution in [0.3, 0.4) is 0 Å². The topological polar surface area (TPSA) is 20.2 Å². The van der Waals surface area contributed by atoms with E-state index >= 15 is 0 Å². The second-order valence-electron chi connectivity index (χ2n) is 5.26. The van der Waals surface area contributed by atoms with Gasteiger partial charge in [-0.25, -0.2) is 0 Å². The van der Waals surface area contributed by atoms with Crippen molar-refractivity contribution in [3.05, 3.63) is 29.8 Å². The first-order valence-electron chi connectivity index (χ1n) is 7.52. The fourth-order valence-corrected chi connectivity index (χ4v) is 2.93. The summed E-state index contributed by atoms with van der Waals surface area (Å²) < 4.78 is 0. The molecule has 1 aromatic carbocycles. The first kappa shape index (κ1) is 15.1. The molecular weight excluding hydrogens is 220 g/mol. The van der Waals surface area contributed by atoms with Crippen molar-refractivity contribution in [2.24, 2.45) is 5.92 Å². The number of phenols is 1. The van der Waals surface area contributed by atoms with Crippen molar-refractivity contribution in [2.45, 2.75) is 65.2 Å². The fourth-order valence-electron chi connectivity index (χ4n) is 2.93. The summed E-state index contributed by atoms with van der Waals surface area (Å²) in [5.74, 6) is 1.71. The van der Waals surface area contributed by atoms with E-state index in [2.05, 4.69) is 26.8 Å². The lowest BCUT2D eigenvalue weighted by atomic mass is 9.78. The lowest BCUT2D eigenvalue weighted by Gasteiger charge is -2.27. The molecule has 0 aliphatic carbocycles. The minimum atomic E-state index is 0.480. The molecule has 0 aliphatic heterocycles. The highest BCUT2D eigenvalue weighted by molar-refractivity contribution is 5.35. The molecule has 1 rings (SSSR count). The quantitative estimate of drug-likeness (QED) is 0.644. The van der Waals surface area contributed by atoms with Gasteiger partial charge in [0.05, 0.1) is 0 Å². The normalized spacial score (nSPS) is 14.4. The van der Waals surface area contributed by atoms with E-state index in [0.717, 1.165) is 5.56 Å². The van der Waals surface area contributed by atoms with Crippen molar-refractivity contribution in [2.75, 3.05) is 0 Å². The predicted molar refractivity (Wildman–Crippen MR) is 79.1 cm³/mol. The largest absolute Gasteiger partial charge is 0.508 e. The van der Waals surface area contributed by atoms with E-state index in [-0.39, 0.29) is 0 Å². The molecular formula is C17H28O. The Morgan fingerprint density at radius 2 is 1.72 bits per heavy atom. The van der Waals surface area contributed by atoms with Crippen LogP contribution in [0.15, 0.2) is 24.3 Å². The molecule has 1 N–H and O–H groups in total. The molecule has 0 aromatic heterocycles. The Morgan fingerprint density at radius 3 is 2.28 bits per heavy atom. The molecule has 0 spiro atoms. The predicted octanol–water partition coefficient (Wildman–Crippen LogP) is 5.49. The number of benzene rings is 1. The minimum Gasteiger partial charge on any atom is -0.508 e. The Hall–Kier alpha value is -0.980. The third-order valence-electron chi connectivity index (χ3n) is 3.96. The number of phenolic OH excluding ortho intramolecular Hbond substituents is 1. The van der Waals surface area contributed by atoms with Gasteiger partial charge >= 0.3 is 0 Å². The third-order valence-corrected chi connectivity index (χ3v) is 3.96. The second kappa shape index (κ2) is 8.18. The number of aromatic hydroxyl groups is 1. The van der Waals surface area contributed by atoms with Gasteiger partial charge in [-0.05, 0) is 29.9 Å². The van der Waals surface area contributed by atoms with Crippen molar-refractivity contribution < 1.29 is 5.11 Å². The molecule has 0 saturated carbocycles. The average Bonchev–Trinajstić information content (AvgIpc) is 2.39. The molecule has 18 heavy (non-hydrogen) atoms. The lowest BCUT2D eigenvalue weighted by molar-refractivity contribution is 0.344. The summed E-state index contributed by atoms with van der Waals surface area (Å²) in [5, 5.41) is 10.1. The second-order valence-corrected chi connectivity index (χ2v) is 5.26. The highest BCUT2D eigenvalue weighted by Crippen LogP contribution is 2.38. The van der Waals surface area contributed by atoms with Crippen molar-refractivity contribution in [3.8, 4) is 5.75 Å². The van der Waals surface area contributed by atoms with Gasteiger partial charge in [-0.1, -0.05) is 71.1 Å². The van der Waals surface area contributed by atoms with Gasteiger partial charge in [0, 0.05) is 0 Å². The monoisotopic (exact) mass is 248 g/mol. The molecule has 0 heterocycles. The number of hydrogen-bond donors (Lipinski definition) is 1. The molecule has 2 unspecified atom stereocenters. The van der Waals surface area contributed by atoms with Gasteiger partial charge in [0.2, 0.25) is 0 Å². The van der Waals surface area contributed by atoms with Gasteiger partial charge in [0.1, 0.15) is 5.75 Å². The van der Waals surface area contributed by atoms with E-state index < -0.39 is 0 Å². The molecule has 1 nitrogen and oxygen atoms in total. The van der Waals surface area contributed by atoms with Crippen molar-refractivity contribution in [3.63, 3.8) is 0 Å². The highest BCUT2D eigenvalue weighted by atomic mass is 16.3. The number of unbranched alkanes of at least 4 members (excludes halogenated alkanes) is 1. The maximum Gasteiger partial charge on any atom is 0.119 e. The number of para-hydroxylation sites is 1. The summed E-state index contributed by atoms with van der Waals surface area (Å²) in [7, 11) is 0. The Labute approximate surface area is 112 Å². The lowest BCUT2D eigenvalue weighted by Crippen LogP contribution is -2.13. The van der Waals surface area contributed by atoms with Crippen LogP contribution in [0.2, 0.25) is 0 Å². The van der Waals surface area contributed by atoms with Gasteiger partial charge in [0.25, 0.3) is 0 Å². The van der Waals surface area contributed by atoms with E-state index in [4.69, 9.17) is 0 Å². The summed E-state index contributed by atoms with van der Waals surface area (Å²) in [4.78, 5) is 0. The zero-order valence-corrected chi connectivity index (χ0v) is 12.2. The van der Waals surface area contributed by atoms with Crippen LogP contribution in [0.1, 0.15) is 70.8 Å². The van der Waals surface area contributed by atoms with Crippen molar-refractivity contribution in [1.29, 1.82) is 0 Å². The average molecular weight is 248 g/mol. The summed E-state index contributed by atoms with van der Waals surface area (Å²) in [5.41, 5.74) is 1.16. The molecule has 102 valence electrons. The van der Waals surface area contributed by atoms with Gasteiger partial charge in [-0.2, -0.15) is 0 Å². The zero-order chi connectivity index (χ0) is 13.4. The molecule has 1 aromatic rings. The Morgan fingerprint density at radius 1 is 1.00 bits per heavy atom. The fraction of sp³-hybridized carbons (Fsp3) is 0.647. The standard InChI is InChI=1S/C17H28O/c1-4-7-11-15(14(6-3)10-5-2)16-12-8-9-13-17(16)18/h8-9,12-15,18H,4-7,10-11H2,1-3H3. The summed E-state index contributed by atoms with van der Waals surface area (Å²) >= 11 is 0. The highest BCUT2D eigenvalue weighted by Gasteiger charge is 2.22. The molecule has 1 heteroatoms. The molecule has 0 aliphatic rings. The SMILES string of the molecule is CCCCC(c1ccccc1O)C(CC)CCC. The van der Waals surface area contributed by atoms with Crippen LogP contribution in [-0.2, 0) is 0 Å². The molecule has 0 amide bonds. The molecule has 0 bridgehead atoms. The first-order chi connectivity index (χ1) is 8.74. The summed E-state index contributed by atoms with van der Waals surface area (Å²) in [6.45, 7) is 6.77. The van der Waals surface area contributed by atoms with Crippen molar-refractivity contribution in [1.82, 2.24) is 0 Å². The maximum atomic E-state index is 10.1. The first-order valence-corrected chi connectivity index (χ1v) is 7.52. The molecule has 0 saturated heterocycles. The Kier molecular flexibility index (Phi) is 6.85. The smallest absolute Gasteiger partial charge is 0.119 e. The van der Waals surface area contributed by atoms with Gasteiger partial charge < -0.3 is 5.11 Å². The van der Waals surface area contributed by atoms with Crippen LogP contribution >= 0.6 is 0 Å². The summed E-state index contributed by atoms with van der Waals surface area (Å²) in [6.07, 6.45) is 7.38. The van der Waals surface area contributed by atoms with Gasteiger partial charge in [-0.3, -0.25) is 0 Å². The van der Waals surface area contributed by atoms with Crippen LogP contribution < -0.4 is 0 Å². The molecule has 0 radical (unpaired) electrons. The van der Waals surface area contributed by atoms with Crippen LogP contribution in [0.25, 0.3) is 0 Å². The van der Waals surface area contributed by atoms with Gasteiger partial charge in [-0.15, -0.1) is 0 Å². The Balaban J connectivity index is 2.92. The van der Waals surface area contributed by atoms with Crippen LogP contribution in [-0.4, -0.2) is 5.11 Å². The molecule has 0 fully saturated rings. The van der Waals surface area contributed by atoms with E-state index in [0.29, 0.717) is 17.6 Å². The van der Waals surface area contributed by atoms with Crippen molar-refractivity contribution >= 4 is 0 Å². The van der Waals surface area contributed by atoms with Crippen LogP contribution in [0, 0.1) is 5.92 Å². The number of hydrogen-bond acceptors (Lipinski definition) is 1. The zero-order valence-electron chi connectivity index (χ0n) is 12.2. The van der Waals surface area contributed by atoms with E-state index in [1.807, 2.05) is 18.2 Å². The maximum absolute atomic E-state index is 10.1. The van der Waals surface area contributed by atoms with E-state index in [9.17, 15) is 5.11 Å². The molecule has 2 atom stereocenters. The van der Waals surface area contributed by atoms with Crippen LogP contribution in [0.5, 0.6) is 5.75 Å². The Bertz CT molecular complexity index is 332. The number of rotatable bonds is 8. The minimum absolute atomic E-state index is 0.480. The van der Waals surface area contributed by atoms with E-state index in [1.165, 1.54) is 38.5 Å². The van der Waals surface area contributed by atoms with E-state index in [1.54, 1.807) is 0 Å². The van der Waals surface area contributed by atoms with Crippen LogP contribution in [0.4, 0.5) is 0 Å². The van der Waals surface area contributed by atoms with Gasteiger partial charge in [0.15, 0.2) is 0 Å². The summed E-state index contributed by atoms with van der Waals surface area (Å²) in [6, 6.07) is 7.89.